The van der Waals surface area contributed by atoms with Crippen LogP contribution in [0.15, 0.2) is 18.2 Å². The fraction of sp³-hybridized carbons (Fsp3) is 0.667. The molecule has 0 amide bonds. The average molecular weight is 287 g/mol. The van der Waals surface area contributed by atoms with Gasteiger partial charge in [-0.3, -0.25) is 9.80 Å². The number of nitrogens with zero attached hydrogens (tertiary/aromatic N) is 2. The molecule has 116 valence electrons. The third-order valence-electron chi connectivity index (χ3n) is 5.41. The monoisotopic (exact) mass is 287 g/mol. The minimum Gasteiger partial charge on any atom is -0.329 e. The Bertz CT molecular complexity index is 485. The third kappa shape index (κ3) is 3.15. The van der Waals surface area contributed by atoms with E-state index in [9.17, 15) is 0 Å². The van der Waals surface area contributed by atoms with Crippen LogP contribution in [0, 0.1) is 13.8 Å². The van der Waals surface area contributed by atoms with Gasteiger partial charge in [-0.15, -0.1) is 0 Å². The van der Waals surface area contributed by atoms with Gasteiger partial charge in [-0.2, -0.15) is 0 Å². The highest BCUT2D eigenvalue weighted by Crippen LogP contribution is 2.28. The second kappa shape index (κ2) is 6.47. The van der Waals surface area contributed by atoms with Crippen LogP contribution in [0.3, 0.4) is 0 Å². The van der Waals surface area contributed by atoms with E-state index in [0.29, 0.717) is 6.04 Å². The van der Waals surface area contributed by atoms with E-state index in [1.54, 1.807) is 0 Å². The number of nitrogens with two attached hydrogens (primary N) is 1. The SMILES string of the molecule is Cc1ccc(C(CN)N2CCCN3CCCC3C2)cc1C. The zero-order valence-electron chi connectivity index (χ0n) is 13.5. The zero-order chi connectivity index (χ0) is 14.8. The maximum atomic E-state index is 6.16. The first kappa shape index (κ1) is 15.0. The summed E-state index contributed by atoms with van der Waals surface area (Å²) in [6.45, 7) is 10.0. The minimum absolute atomic E-state index is 0.379. The molecule has 2 fully saturated rings. The van der Waals surface area contributed by atoms with Gasteiger partial charge < -0.3 is 5.73 Å². The van der Waals surface area contributed by atoms with Gasteiger partial charge in [0, 0.05) is 31.7 Å². The highest BCUT2D eigenvalue weighted by atomic mass is 15.3. The summed E-state index contributed by atoms with van der Waals surface area (Å²) in [6, 6.07) is 7.99. The van der Waals surface area contributed by atoms with Crippen LogP contribution in [0.25, 0.3) is 0 Å². The Morgan fingerprint density at radius 3 is 2.71 bits per heavy atom. The Labute approximate surface area is 129 Å². The molecular formula is C18H29N3. The quantitative estimate of drug-likeness (QED) is 0.927. The van der Waals surface area contributed by atoms with E-state index in [1.165, 1.54) is 62.1 Å². The van der Waals surface area contributed by atoms with Crippen molar-refractivity contribution in [2.75, 3.05) is 32.7 Å². The molecule has 2 aliphatic heterocycles. The molecule has 0 saturated carbocycles. The molecule has 3 rings (SSSR count). The summed E-state index contributed by atoms with van der Waals surface area (Å²) in [4.78, 5) is 5.33. The molecule has 1 aromatic rings. The van der Waals surface area contributed by atoms with Gasteiger partial charge in [0.1, 0.15) is 0 Å². The van der Waals surface area contributed by atoms with Gasteiger partial charge in [-0.05, 0) is 62.9 Å². The highest BCUT2D eigenvalue weighted by Gasteiger charge is 2.31. The molecule has 2 heterocycles. The van der Waals surface area contributed by atoms with E-state index in [0.717, 1.165) is 12.6 Å². The van der Waals surface area contributed by atoms with Crippen LogP contribution in [0.2, 0.25) is 0 Å². The van der Waals surface area contributed by atoms with Crippen LogP contribution < -0.4 is 5.73 Å². The molecule has 0 bridgehead atoms. The zero-order valence-corrected chi connectivity index (χ0v) is 13.5. The Kier molecular flexibility index (Phi) is 4.63. The average Bonchev–Trinajstić information content (AvgIpc) is 2.82. The van der Waals surface area contributed by atoms with Gasteiger partial charge in [0.05, 0.1) is 0 Å². The summed E-state index contributed by atoms with van der Waals surface area (Å²) in [5, 5.41) is 0. The molecule has 0 spiro atoms. The number of hydrogen-bond donors (Lipinski definition) is 1. The molecule has 2 aliphatic rings. The number of benzene rings is 1. The molecule has 2 N–H and O–H groups in total. The van der Waals surface area contributed by atoms with Crippen molar-refractivity contribution in [2.24, 2.45) is 5.73 Å². The number of hydrogen-bond acceptors (Lipinski definition) is 3. The summed E-state index contributed by atoms with van der Waals surface area (Å²) < 4.78 is 0. The summed E-state index contributed by atoms with van der Waals surface area (Å²) in [7, 11) is 0. The minimum atomic E-state index is 0.379. The maximum absolute atomic E-state index is 6.16. The normalized spacial score (nSPS) is 25.6. The van der Waals surface area contributed by atoms with Gasteiger partial charge in [0.25, 0.3) is 0 Å². The predicted molar refractivity (Wildman–Crippen MR) is 88.5 cm³/mol. The summed E-state index contributed by atoms with van der Waals surface area (Å²) in [5.74, 6) is 0. The van der Waals surface area contributed by atoms with E-state index in [4.69, 9.17) is 5.73 Å². The highest BCUT2D eigenvalue weighted by molar-refractivity contribution is 5.32. The van der Waals surface area contributed by atoms with E-state index in [2.05, 4.69) is 41.8 Å². The van der Waals surface area contributed by atoms with E-state index in [-0.39, 0.29) is 0 Å². The number of aryl methyl sites for hydroxylation is 2. The Balaban J connectivity index is 1.79. The lowest BCUT2D eigenvalue weighted by atomic mass is 9.99. The molecule has 3 heteroatoms. The summed E-state index contributed by atoms with van der Waals surface area (Å²) in [5.41, 5.74) is 10.3. The second-order valence-corrected chi connectivity index (χ2v) is 6.78. The lowest BCUT2D eigenvalue weighted by molar-refractivity contribution is 0.176. The fourth-order valence-electron chi connectivity index (χ4n) is 3.99. The summed E-state index contributed by atoms with van der Waals surface area (Å²) in [6.07, 6.45) is 4.01. The van der Waals surface area contributed by atoms with Crippen LogP contribution in [0.5, 0.6) is 0 Å². The molecule has 1 aromatic carbocycles. The molecule has 0 aliphatic carbocycles. The van der Waals surface area contributed by atoms with Crippen LogP contribution in [0.1, 0.15) is 42.0 Å². The molecule has 0 aromatic heterocycles. The van der Waals surface area contributed by atoms with Gasteiger partial charge in [-0.1, -0.05) is 18.2 Å². The first-order valence-corrected chi connectivity index (χ1v) is 8.44. The van der Waals surface area contributed by atoms with Crippen molar-refractivity contribution >= 4 is 0 Å². The topological polar surface area (TPSA) is 32.5 Å². The lowest BCUT2D eigenvalue weighted by Gasteiger charge is -2.32. The van der Waals surface area contributed by atoms with Gasteiger partial charge in [-0.25, -0.2) is 0 Å². The smallest absolute Gasteiger partial charge is 0.0471 e. The molecule has 2 unspecified atom stereocenters. The molecule has 3 nitrogen and oxygen atoms in total. The standard InChI is InChI=1S/C18H29N3/c1-14-6-7-16(11-15(14)2)18(12-19)21-10-4-9-20-8-3-5-17(20)13-21/h6-7,11,17-18H,3-5,8-10,12-13,19H2,1-2H3. The van der Waals surface area contributed by atoms with Gasteiger partial charge in [0.15, 0.2) is 0 Å². The van der Waals surface area contributed by atoms with Crippen molar-refractivity contribution in [3.63, 3.8) is 0 Å². The Morgan fingerprint density at radius 1 is 1.14 bits per heavy atom. The van der Waals surface area contributed by atoms with E-state index < -0.39 is 0 Å². The van der Waals surface area contributed by atoms with Gasteiger partial charge >= 0.3 is 0 Å². The first-order valence-electron chi connectivity index (χ1n) is 8.44. The predicted octanol–water partition coefficient (Wildman–Crippen LogP) is 2.47. The van der Waals surface area contributed by atoms with Crippen molar-refractivity contribution in [3.05, 3.63) is 34.9 Å². The van der Waals surface area contributed by atoms with E-state index >= 15 is 0 Å². The van der Waals surface area contributed by atoms with Crippen LogP contribution >= 0.6 is 0 Å². The molecular weight excluding hydrogens is 258 g/mol. The van der Waals surface area contributed by atoms with Crippen LogP contribution in [-0.4, -0.2) is 48.6 Å². The van der Waals surface area contributed by atoms with Crippen LogP contribution in [0.4, 0.5) is 0 Å². The first-order chi connectivity index (χ1) is 10.2. The van der Waals surface area contributed by atoms with Crippen LogP contribution in [-0.2, 0) is 0 Å². The molecule has 0 radical (unpaired) electrons. The Hall–Kier alpha value is -0.900. The van der Waals surface area contributed by atoms with Crippen molar-refractivity contribution in [2.45, 2.75) is 45.2 Å². The van der Waals surface area contributed by atoms with Crippen molar-refractivity contribution < 1.29 is 0 Å². The molecule has 2 atom stereocenters. The molecule has 21 heavy (non-hydrogen) atoms. The summed E-state index contributed by atoms with van der Waals surface area (Å²) >= 11 is 0. The number of fused-ring (bicyclic) bond motifs is 1. The fourth-order valence-corrected chi connectivity index (χ4v) is 3.99. The third-order valence-corrected chi connectivity index (χ3v) is 5.41. The lowest BCUT2D eigenvalue weighted by Crippen LogP contribution is -2.40. The number of rotatable bonds is 3. The van der Waals surface area contributed by atoms with E-state index in [1.807, 2.05) is 0 Å². The largest absolute Gasteiger partial charge is 0.329 e. The van der Waals surface area contributed by atoms with Crippen molar-refractivity contribution in [3.8, 4) is 0 Å². The van der Waals surface area contributed by atoms with Crippen molar-refractivity contribution in [1.82, 2.24) is 9.80 Å². The molecule has 2 saturated heterocycles. The Morgan fingerprint density at radius 2 is 1.95 bits per heavy atom. The van der Waals surface area contributed by atoms with Gasteiger partial charge in [0.2, 0.25) is 0 Å². The second-order valence-electron chi connectivity index (χ2n) is 6.78. The maximum Gasteiger partial charge on any atom is 0.0471 e. The van der Waals surface area contributed by atoms with Crippen molar-refractivity contribution in [1.29, 1.82) is 0 Å².